The largest absolute Gasteiger partial charge is 0.459 e. The van der Waals surface area contributed by atoms with Gasteiger partial charge in [0, 0.05) is 11.8 Å². The second-order valence-electron chi connectivity index (χ2n) is 10.0. The smallest absolute Gasteiger partial charge is 0.340 e. The third-order valence-corrected chi connectivity index (χ3v) is 7.54. The summed E-state index contributed by atoms with van der Waals surface area (Å²) in [6, 6.07) is 27.0. The summed E-state index contributed by atoms with van der Waals surface area (Å²) in [7, 11) is 0. The quantitative estimate of drug-likeness (QED) is 0.263. The number of amides is 2. The molecular formula is C32H27NO4. The van der Waals surface area contributed by atoms with E-state index in [1.807, 2.05) is 36.4 Å². The number of carbonyl (C=O) groups is 3. The third-order valence-electron chi connectivity index (χ3n) is 7.54. The number of carbonyl (C=O) groups excluding carboxylic acids is 3. The first kappa shape index (κ1) is 23.2. The van der Waals surface area contributed by atoms with E-state index in [1.54, 1.807) is 38.1 Å². The number of esters is 1. The van der Waals surface area contributed by atoms with Crippen molar-refractivity contribution in [3.63, 3.8) is 0 Å². The molecule has 3 aromatic carbocycles. The number of rotatable bonds is 5. The first-order chi connectivity index (χ1) is 18.0. The summed E-state index contributed by atoms with van der Waals surface area (Å²) in [6.45, 7) is 3.54. The summed E-state index contributed by atoms with van der Waals surface area (Å²) >= 11 is 0. The molecule has 0 spiro atoms. The maximum absolute atomic E-state index is 13.9. The number of hydrogen-bond donors (Lipinski definition) is 0. The number of fused-ring (bicyclic) bond motifs is 5. The van der Waals surface area contributed by atoms with Crippen molar-refractivity contribution in [1.82, 2.24) is 0 Å². The van der Waals surface area contributed by atoms with Gasteiger partial charge in [0.25, 0.3) is 0 Å². The molecule has 37 heavy (non-hydrogen) atoms. The SMILES string of the molecule is CC(C)OC(=O)c1ccccc1N1C(=O)[C@H]2[C@H](C1=O)[C@H]1C=C[C@H]2C1=C(c1ccccc1)c1ccccc1. The molecule has 1 heterocycles. The fourth-order valence-electron chi connectivity index (χ4n) is 6.16. The molecule has 6 rings (SSSR count). The van der Waals surface area contributed by atoms with Crippen molar-refractivity contribution in [2.75, 3.05) is 4.90 Å². The number of allylic oxidation sites excluding steroid dienone is 3. The Morgan fingerprint density at radius 1 is 0.730 bits per heavy atom. The average molecular weight is 490 g/mol. The van der Waals surface area contributed by atoms with Gasteiger partial charge in [0.2, 0.25) is 11.8 Å². The van der Waals surface area contributed by atoms with Gasteiger partial charge in [-0.2, -0.15) is 0 Å². The van der Waals surface area contributed by atoms with Crippen molar-refractivity contribution in [2.24, 2.45) is 23.7 Å². The molecular weight excluding hydrogens is 462 g/mol. The molecule has 2 fully saturated rings. The summed E-state index contributed by atoms with van der Waals surface area (Å²) < 4.78 is 5.39. The number of ether oxygens (including phenoxy) is 1. The van der Waals surface area contributed by atoms with Gasteiger partial charge < -0.3 is 4.74 Å². The Balaban J connectivity index is 1.44. The highest BCUT2D eigenvalue weighted by Gasteiger charge is 2.62. The van der Waals surface area contributed by atoms with E-state index in [2.05, 4.69) is 36.4 Å². The van der Waals surface area contributed by atoms with E-state index in [4.69, 9.17) is 4.74 Å². The Hall–Kier alpha value is -4.25. The lowest BCUT2D eigenvalue weighted by molar-refractivity contribution is -0.122. The second kappa shape index (κ2) is 9.00. The van der Waals surface area contributed by atoms with Crippen molar-refractivity contribution in [3.05, 3.63) is 119 Å². The summed E-state index contributed by atoms with van der Waals surface area (Å²) in [6.07, 6.45) is 3.86. The summed E-state index contributed by atoms with van der Waals surface area (Å²) in [5, 5.41) is 0. The molecule has 5 nitrogen and oxygen atoms in total. The zero-order chi connectivity index (χ0) is 25.7. The molecule has 0 unspecified atom stereocenters. The molecule has 184 valence electrons. The van der Waals surface area contributed by atoms with Crippen LogP contribution in [0.3, 0.4) is 0 Å². The Bertz CT molecular complexity index is 1380. The van der Waals surface area contributed by atoms with Crippen LogP contribution in [0.25, 0.3) is 5.57 Å². The van der Waals surface area contributed by atoms with Crippen LogP contribution in [0.15, 0.2) is 103 Å². The van der Waals surface area contributed by atoms with Gasteiger partial charge in [-0.15, -0.1) is 0 Å². The van der Waals surface area contributed by atoms with E-state index in [0.717, 1.165) is 22.3 Å². The highest BCUT2D eigenvalue weighted by atomic mass is 16.5. The van der Waals surface area contributed by atoms with Crippen LogP contribution in [0.2, 0.25) is 0 Å². The van der Waals surface area contributed by atoms with E-state index in [9.17, 15) is 14.4 Å². The summed E-state index contributed by atoms with van der Waals surface area (Å²) in [4.78, 5) is 41.9. The Morgan fingerprint density at radius 3 is 1.73 bits per heavy atom. The highest BCUT2D eigenvalue weighted by Crippen LogP contribution is 2.59. The first-order valence-corrected chi connectivity index (χ1v) is 12.7. The molecule has 1 aliphatic heterocycles. The Kier molecular flexibility index (Phi) is 5.64. The van der Waals surface area contributed by atoms with Crippen LogP contribution >= 0.6 is 0 Å². The van der Waals surface area contributed by atoms with E-state index in [1.165, 1.54) is 4.90 Å². The van der Waals surface area contributed by atoms with Crippen molar-refractivity contribution >= 4 is 29.0 Å². The van der Waals surface area contributed by atoms with E-state index in [-0.39, 0.29) is 35.3 Å². The van der Waals surface area contributed by atoms with Gasteiger partial charge in [0.15, 0.2) is 0 Å². The molecule has 2 aliphatic carbocycles. The Labute approximate surface area is 216 Å². The molecule has 1 saturated carbocycles. The number of para-hydroxylation sites is 1. The van der Waals surface area contributed by atoms with Gasteiger partial charge in [-0.3, -0.25) is 9.59 Å². The third kappa shape index (κ3) is 3.65. The topological polar surface area (TPSA) is 63.7 Å². The fraction of sp³-hybridized carbons (Fsp3) is 0.219. The van der Waals surface area contributed by atoms with Crippen LogP contribution in [-0.2, 0) is 14.3 Å². The van der Waals surface area contributed by atoms with E-state index >= 15 is 0 Å². The summed E-state index contributed by atoms with van der Waals surface area (Å²) in [5.74, 6) is -2.39. The molecule has 2 amide bonds. The maximum Gasteiger partial charge on any atom is 0.340 e. The highest BCUT2D eigenvalue weighted by molar-refractivity contribution is 6.25. The van der Waals surface area contributed by atoms with Crippen LogP contribution in [0.1, 0.15) is 35.3 Å². The minimum atomic E-state index is -0.541. The van der Waals surface area contributed by atoms with Crippen LogP contribution in [-0.4, -0.2) is 23.9 Å². The predicted octanol–water partition coefficient (Wildman–Crippen LogP) is 5.68. The Morgan fingerprint density at radius 2 is 1.22 bits per heavy atom. The standard InChI is InChI=1S/C32H27NO4/c1-19(2)37-32(36)22-15-9-10-16-25(22)33-30(34)28-23-17-18-24(29(28)31(33)35)27(23)26(20-11-5-3-6-12-20)21-13-7-4-8-14-21/h3-19,23-24,28-29H,1-2H3/t23-,24-,28+,29+/m0/s1. The second-order valence-corrected chi connectivity index (χ2v) is 10.0. The van der Waals surface area contributed by atoms with E-state index < -0.39 is 17.8 Å². The van der Waals surface area contributed by atoms with Gasteiger partial charge in [0.05, 0.1) is 29.2 Å². The van der Waals surface area contributed by atoms with Gasteiger partial charge in [-0.05, 0) is 48.3 Å². The van der Waals surface area contributed by atoms with Crippen LogP contribution in [0.5, 0.6) is 0 Å². The average Bonchev–Trinajstić information content (AvgIpc) is 3.54. The number of imide groups is 1. The monoisotopic (exact) mass is 489 g/mol. The van der Waals surface area contributed by atoms with Crippen molar-refractivity contribution in [2.45, 2.75) is 20.0 Å². The zero-order valence-electron chi connectivity index (χ0n) is 20.7. The van der Waals surface area contributed by atoms with Gasteiger partial charge in [-0.25, -0.2) is 9.69 Å². The van der Waals surface area contributed by atoms with Crippen LogP contribution in [0.4, 0.5) is 5.69 Å². The first-order valence-electron chi connectivity index (χ1n) is 12.7. The number of hydrogen-bond acceptors (Lipinski definition) is 4. The molecule has 5 heteroatoms. The van der Waals surface area contributed by atoms with Crippen molar-refractivity contribution in [3.8, 4) is 0 Å². The lowest BCUT2D eigenvalue weighted by atomic mass is 9.85. The molecule has 3 aliphatic rings. The number of nitrogens with zero attached hydrogens (tertiary/aromatic N) is 1. The minimum absolute atomic E-state index is 0.179. The van der Waals surface area contributed by atoms with Gasteiger partial charge in [-0.1, -0.05) is 84.9 Å². The minimum Gasteiger partial charge on any atom is -0.459 e. The molecule has 0 aromatic heterocycles. The zero-order valence-corrected chi connectivity index (χ0v) is 20.7. The molecule has 0 radical (unpaired) electrons. The normalized spacial score (nSPS) is 23.6. The molecule has 2 bridgehead atoms. The molecule has 1 saturated heterocycles. The van der Waals surface area contributed by atoms with Crippen LogP contribution < -0.4 is 4.90 Å². The van der Waals surface area contributed by atoms with Gasteiger partial charge in [0.1, 0.15) is 0 Å². The maximum atomic E-state index is 13.9. The van der Waals surface area contributed by atoms with Crippen LogP contribution in [0, 0.1) is 23.7 Å². The molecule has 3 aromatic rings. The number of anilines is 1. The lowest BCUT2D eigenvalue weighted by Crippen LogP contribution is -2.34. The summed E-state index contributed by atoms with van der Waals surface area (Å²) in [5.41, 5.74) is 4.88. The lowest BCUT2D eigenvalue weighted by Gasteiger charge is -2.23. The van der Waals surface area contributed by atoms with Crippen molar-refractivity contribution in [1.29, 1.82) is 0 Å². The number of benzene rings is 3. The molecule has 0 N–H and O–H groups in total. The van der Waals surface area contributed by atoms with Crippen molar-refractivity contribution < 1.29 is 19.1 Å². The molecule has 4 atom stereocenters. The van der Waals surface area contributed by atoms with Gasteiger partial charge >= 0.3 is 5.97 Å². The predicted molar refractivity (Wildman–Crippen MR) is 141 cm³/mol. The fourth-order valence-corrected chi connectivity index (χ4v) is 6.16. The van der Waals surface area contributed by atoms with E-state index in [0.29, 0.717) is 5.69 Å².